The Balaban J connectivity index is 1.05. The molecule has 14 nitrogen and oxygen atoms in total. The average Bonchev–Trinajstić information content (AvgIpc) is 3.92. The molecule has 4 aromatic carbocycles. The minimum absolute atomic E-state index is 0.126. The van der Waals surface area contributed by atoms with E-state index in [0.717, 1.165) is 10.8 Å². The van der Waals surface area contributed by atoms with E-state index in [9.17, 15) is 19.2 Å². The summed E-state index contributed by atoms with van der Waals surface area (Å²) in [4.78, 5) is 59.7. The molecule has 52 heavy (non-hydrogen) atoms. The maximum absolute atomic E-state index is 13.3. The molecular formula is C38H30N8O6. The zero-order valence-corrected chi connectivity index (χ0v) is 27.5. The van der Waals surface area contributed by atoms with Crippen LogP contribution in [0.4, 0.5) is 11.9 Å². The fourth-order valence-electron chi connectivity index (χ4n) is 6.26. The lowest BCUT2D eigenvalue weighted by Gasteiger charge is -2.12. The van der Waals surface area contributed by atoms with Crippen LogP contribution in [0.25, 0.3) is 44.0 Å². The highest BCUT2D eigenvalue weighted by atomic mass is 16.4. The average molecular weight is 695 g/mol. The number of furan rings is 2. The number of aryl methyl sites for hydroxylation is 2. The number of nitrogens with zero attached hydrogens (tertiary/aromatic N) is 4. The number of amides is 4. The minimum atomic E-state index is -0.594. The number of nitrogens with two attached hydrogens (primary N) is 2. The maximum atomic E-state index is 13.3. The van der Waals surface area contributed by atoms with Crippen molar-refractivity contribution in [2.75, 3.05) is 10.6 Å². The number of carbonyl (C=O) groups is 4. The van der Waals surface area contributed by atoms with Crippen molar-refractivity contribution in [2.45, 2.75) is 25.9 Å². The van der Waals surface area contributed by atoms with E-state index < -0.39 is 23.6 Å². The Kier molecular flexibility index (Phi) is 7.95. The predicted octanol–water partition coefficient (Wildman–Crippen LogP) is 6.06. The summed E-state index contributed by atoms with van der Waals surface area (Å²) in [6.45, 7) is 0.864. The third-order valence-corrected chi connectivity index (χ3v) is 8.83. The molecule has 8 rings (SSSR count). The third-order valence-electron chi connectivity index (χ3n) is 8.83. The number of fused-ring (bicyclic) bond motifs is 4. The van der Waals surface area contributed by atoms with Crippen LogP contribution >= 0.6 is 0 Å². The molecule has 0 radical (unpaired) electrons. The highest BCUT2D eigenvalue weighted by Gasteiger charge is 2.21. The van der Waals surface area contributed by atoms with Crippen molar-refractivity contribution < 1.29 is 28.0 Å². The lowest BCUT2D eigenvalue weighted by Crippen LogP contribution is -2.16. The first-order valence-electron chi connectivity index (χ1n) is 16.4. The van der Waals surface area contributed by atoms with Gasteiger partial charge in [0.15, 0.2) is 11.5 Å². The summed E-state index contributed by atoms with van der Waals surface area (Å²) in [5.41, 5.74) is 15.1. The first kappa shape index (κ1) is 32.0. The van der Waals surface area contributed by atoms with Crippen LogP contribution in [0.5, 0.6) is 0 Å². The van der Waals surface area contributed by atoms with Crippen LogP contribution in [-0.4, -0.2) is 42.7 Å². The second-order valence-corrected chi connectivity index (χ2v) is 12.2. The van der Waals surface area contributed by atoms with Gasteiger partial charge in [-0.3, -0.25) is 29.8 Å². The number of unbranched alkanes of at least 4 members (excludes halogenated alkanes) is 1. The standard InChI is InChI=1S/C38H30N8O6/c39-33(47)23-11-13-27-25(17-23)41-37(43-35(49)31-19-21-7-1-3-9-29(21)51-31)45(27)15-5-6-16-46-28-14-12-24(34(40)48)18-26(28)42-38(46)44-36(50)32-20-22-8-2-4-10-30(22)52-32/h1-4,7-14,17-20H,5-6,15-16H2,(H2,39,47)(H2,40,48)(H,41,43,49)(H,42,44,50). The summed E-state index contributed by atoms with van der Waals surface area (Å²) in [6, 6.07) is 27.8. The smallest absolute Gasteiger partial charge is 0.293 e. The number of primary amides is 2. The number of nitrogens with one attached hydrogen (secondary N) is 2. The van der Waals surface area contributed by atoms with E-state index in [0.29, 0.717) is 59.2 Å². The fourth-order valence-corrected chi connectivity index (χ4v) is 6.26. The van der Waals surface area contributed by atoms with Crippen LogP contribution in [-0.2, 0) is 13.1 Å². The second kappa shape index (κ2) is 12.9. The molecule has 0 unspecified atom stereocenters. The van der Waals surface area contributed by atoms with Crippen molar-refractivity contribution in [3.8, 4) is 0 Å². The molecule has 0 aliphatic rings. The van der Waals surface area contributed by atoms with Crippen molar-refractivity contribution in [3.63, 3.8) is 0 Å². The van der Waals surface area contributed by atoms with Gasteiger partial charge in [-0.15, -0.1) is 0 Å². The van der Waals surface area contributed by atoms with Gasteiger partial charge in [0.2, 0.25) is 23.7 Å². The Morgan fingerprint density at radius 3 is 1.40 bits per heavy atom. The van der Waals surface area contributed by atoms with Gasteiger partial charge in [-0.05, 0) is 73.5 Å². The first-order chi connectivity index (χ1) is 25.2. The molecule has 6 N–H and O–H groups in total. The largest absolute Gasteiger partial charge is 0.451 e. The molecule has 14 heteroatoms. The van der Waals surface area contributed by atoms with Crippen molar-refractivity contribution >= 4 is 79.5 Å². The number of imidazole rings is 2. The van der Waals surface area contributed by atoms with Crippen LogP contribution in [0.15, 0.2) is 106 Å². The Labute approximate surface area is 294 Å². The number of rotatable bonds is 11. The molecule has 0 bridgehead atoms. The highest BCUT2D eigenvalue weighted by molar-refractivity contribution is 6.06. The molecule has 0 saturated heterocycles. The summed E-state index contributed by atoms with van der Waals surface area (Å²) in [5.74, 6) is -1.35. The molecular weight excluding hydrogens is 664 g/mol. The molecule has 258 valence electrons. The highest BCUT2D eigenvalue weighted by Crippen LogP contribution is 2.27. The third kappa shape index (κ3) is 5.98. The van der Waals surface area contributed by atoms with Crippen molar-refractivity contribution in [3.05, 3.63) is 120 Å². The van der Waals surface area contributed by atoms with E-state index in [1.807, 2.05) is 45.5 Å². The van der Waals surface area contributed by atoms with E-state index in [1.54, 1.807) is 60.7 Å². The van der Waals surface area contributed by atoms with Gasteiger partial charge >= 0.3 is 0 Å². The Hall–Kier alpha value is -7.22. The lowest BCUT2D eigenvalue weighted by molar-refractivity contribution is 0.0990. The van der Waals surface area contributed by atoms with Crippen LogP contribution < -0.4 is 22.1 Å². The van der Waals surface area contributed by atoms with Crippen molar-refractivity contribution in [2.24, 2.45) is 11.5 Å². The zero-order chi connectivity index (χ0) is 35.9. The summed E-state index contributed by atoms with van der Waals surface area (Å²) in [6.07, 6.45) is 1.21. The zero-order valence-electron chi connectivity index (χ0n) is 27.5. The quantitative estimate of drug-likeness (QED) is 0.117. The van der Waals surface area contributed by atoms with Gasteiger partial charge in [0, 0.05) is 35.0 Å². The van der Waals surface area contributed by atoms with Gasteiger partial charge in [-0.1, -0.05) is 36.4 Å². The molecule has 8 aromatic rings. The summed E-state index contributed by atoms with van der Waals surface area (Å²) in [5, 5.41) is 7.32. The number of benzene rings is 4. The fraction of sp³-hybridized carbons (Fsp3) is 0.105. The van der Waals surface area contributed by atoms with Gasteiger partial charge in [-0.25, -0.2) is 9.97 Å². The maximum Gasteiger partial charge on any atom is 0.293 e. The molecule has 4 amide bonds. The molecule has 0 aliphatic heterocycles. The predicted molar refractivity (Wildman–Crippen MR) is 194 cm³/mol. The number of aromatic nitrogens is 4. The van der Waals surface area contributed by atoms with Crippen LogP contribution in [0.1, 0.15) is 54.7 Å². The van der Waals surface area contributed by atoms with Crippen molar-refractivity contribution in [1.29, 1.82) is 0 Å². The molecule has 0 aliphatic carbocycles. The minimum Gasteiger partial charge on any atom is -0.451 e. The summed E-state index contributed by atoms with van der Waals surface area (Å²) >= 11 is 0. The molecule has 0 spiro atoms. The van der Waals surface area contributed by atoms with Crippen LogP contribution in [0, 0.1) is 0 Å². The number of carbonyl (C=O) groups excluding carboxylic acids is 4. The normalized spacial score (nSPS) is 11.5. The van der Waals surface area contributed by atoms with Gasteiger partial charge in [0.25, 0.3) is 11.8 Å². The van der Waals surface area contributed by atoms with Crippen LogP contribution in [0.3, 0.4) is 0 Å². The van der Waals surface area contributed by atoms with Gasteiger partial charge in [0.1, 0.15) is 11.2 Å². The Morgan fingerprint density at radius 2 is 1.00 bits per heavy atom. The number of para-hydroxylation sites is 2. The monoisotopic (exact) mass is 694 g/mol. The lowest BCUT2D eigenvalue weighted by atomic mass is 10.2. The molecule has 0 saturated carbocycles. The summed E-state index contributed by atoms with van der Waals surface area (Å²) in [7, 11) is 0. The summed E-state index contributed by atoms with van der Waals surface area (Å²) < 4.78 is 15.2. The molecule has 4 heterocycles. The number of hydrogen-bond acceptors (Lipinski definition) is 8. The molecule has 0 atom stereocenters. The van der Waals surface area contributed by atoms with Crippen LogP contribution in [0.2, 0.25) is 0 Å². The van der Waals surface area contributed by atoms with Crippen molar-refractivity contribution in [1.82, 2.24) is 19.1 Å². The Bertz CT molecular complexity index is 2460. The van der Waals surface area contributed by atoms with E-state index in [-0.39, 0.29) is 34.5 Å². The molecule has 0 fully saturated rings. The SMILES string of the molecule is NC(=O)c1ccc2c(c1)nc(NC(=O)c1cc3ccccc3o1)n2CCCCn1c(NC(=O)c2cc3ccccc3o2)nc2cc(C(N)=O)ccc21. The number of anilines is 2. The van der Waals surface area contributed by atoms with Gasteiger partial charge in [0.05, 0.1) is 22.1 Å². The van der Waals surface area contributed by atoms with Gasteiger partial charge < -0.3 is 29.4 Å². The number of hydrogen-bond donors (Lipinski definition) is 4. The Morgan fingerprint density at radius 1 is 0.577 bits per heavy atom. The van der Waals surface area contributed by atoms with E-state index >= 15 is 0 Å². The van der Waals surface area contributed by atoms with E-state index in [2.05, 4.69) is 20.6 Å². The first-order valence-corrected chi connectivity index (χ1v) is 16.4. The topological polar surface area (TPSA) is 206 Å². The van der Waals surface area contributed by atoms with Gasteiger partial charge in [-0.2, -0.15) is 0 Å². The second-order valence-electron chi connectivity index (χ2n) is 12.2. The van der Waals surface area contributed by atoms with E-state index in [1.165, 1.54) is 0 Å². The molecule has 4 aromatic heterocycles. The van der Waals surface area contributed by atoms with E-state index in [4.69, 9.17) is 20.3 Å².